The number of benzene rings is 3. The second-order valence-corrected chi connectivity index (χ2v) is 12.2. The van der Waals surface area contributed by atoms with E-state index in [4.69, 9.17) is 19.7 Å². The molecule has 9 nitrogen and oxygen atoms in total. The second-order valence-electron chi connectivity index (χ2n) is 12.2. The molecule has 3 aromatic carbocycles. The molecule has 11 heteroatoms. The Bertz CT molecular complexity index is 1850. The summed E-state index contributed by atoms with van der Waals surface area (Å²) in [6.45, 7) is 2.62. The molecule has 1 N–H and O–H groups in total. The monoisotopic (exact) mass is 625 g/mol. The number of ether oxygens (including phenoxy) is 2. The van der Waals surface area contributed by atoms with Gasteiger partial charge in [-0.15, -0.1) is 0 Å². The minimum atomic E-state index is -0.887. The molecule has 1 aromatic heterocycles. The van der Waals surface area contributed by atoms with E-state index in [9.17, 15) is 23.9 Å². The van der Waals surface area contributed by atoms with E-state index in [1.807, 2.05) is 18.2 Å². The van der Waals surface area contributed by atoms with Gasteiger partial charge in [-0.25, -0.2) is 13.8 Å². The van der Waals surface area contributed by atoms with E-state index in [1.54, 1.807) is 18.2 Å². The maximum atomic E-state index is 14.5. The zero-order valence-electron chi connectivity index (χ0n) is 25.2. The number of imidazole rings is 1. The van der Waals surface area contributed by atoms with Crippen molar-refractivity contribution in [2.45, 2.75) is 64.3 Å². The van der Waals surface area contributed by atoms with E-state index < -0.39 is 17.6 Å². The van der Waals surface area contributed by atoms with Crippen molar-refractivity contribution in [2.24, 2.45) is 5.41 Å². The lowest BCUT2D eigenvalue weighted by molar-refractivity contribution is -0.136. The van der Waals surface area contributed by atoms with Crippen molar-refractivity contribution in [1.29, 1.82) is 10.5 Å². The van der Waals surface area contributed by atoms with E-state index >= 15 is 0 Å². The summed E-state index contributed by atoms with van der Waals surface area (Å²) in [6.07, 6.45) is 3.82. The van der Waals surface area contributed by atoms with Gasteiger partial charge in [0.25, 0.3) is 0 Å². The smallest absolute Gasteiger partial charge is 0.307 e. The third-order valence-electron chi connectivity index (χ3n) is 8.82. The average molecular weight is 626 g/mol. The van der Waals surface area contributed by atoms with Gasteiger partial charge in [-0.05, 0) is 79.8 Å². The average Bonchev–Trinajstić information content (AvgIpc) is 3.72. The SMILES string of the molecule is N#CCC1(Cn2c(CN3CCC(Oc4ccc(F)c(COc5ccc(C#N)cc5F)c4)CC3)nc3ccc(CC(=O)O)cc32)CC1. The van der Waals surface area contributed by atoms with E-state index in [0.717, 1.165) is 61.7 Å². The molecular formula is C35H33F2N5O4. The van der Waals surface area contributed by atoms with Gasteiger partial charge in [0.2, 0.25) is 0 Å². The number of nitrogens with zero attached hydrogens (tertiary/aromatic N) is 5. The fourth-order valence-corrected chi connectivity index (χ4v) is 6.03. The zero-order chi connectivity index (χ0) is 32.3. The van der Waals surface area contributed by atoms with E-state index in [1.165, 1.54) is 18.2 Å². The summed E-state index contributed by atoms with van der Waals surface area (Å²) in [5.74, 6) is -0.729. The van der Waals surface area contributed by atoms with Gasteiger partial charge in [-0.3, -0.25) is 9.69 Å². The standard InChI is InChI=1S/C35H33F2N5O4/c36-28-4-3-27(18-25(28)21-45-32-6-2-24(19-39)15-29(32)37)46-26-7-13-41(14-8-26)20-33-40-30-5-1-23(17-34(43)44)16-31(30)42(33)22-35(9-10-35)11-12-38/h1-6,15-16,18,26H,7-11,13-14,17,20-22H2,(H,43,44). The first-order valence-corrected chi connectivity index (χ1v) is 15.3. The summed E-state index contributed by atoms with van der Waals surface area (Å²) in [6, 6.07) is 18.1. The first-order valence-electron chi connectivity index (χ1n) is 15.3. The molecule has 0 spiro atoms. The number of carboxylic acids is 1. The summed E-state index contributed by atoms with van der Waals surface area (Å²) in [7, 11) is 0. The molecule has 1 saturated heterocycles. The van der Waals surface area contributed by atoms with Gasteiger partial charge in [0.1, 0.15) is 30.1 Å². The third-order valence-corrected chi connectivity index (χ3v) is 8.82. The number of aromatic nitrogens is 2. The molecule has 46 heavy (non-hydrogen) atoms. The molecular weight excluding hydrogens is 592 g/mol. The van der Waals surface area contributed by atoms with Gasteiger partial charge in [0.15, 0.2) is 11.6 Å². The largest absolute Gasteiger partial charge is 0.490 e. The van der Waals surface area contributed by atoms with E-state index in [-0.39, 0.29) is 41.4 Å². The highest BCUT2D eigenvalue weighted by Crippen LogP contribution is 2.50. The molecule has 1 saturated carbocycles. The Morgan fingerprint density at radius 2 is 1.85 bits per heavy atom. The third kappa shape index (κ3) is 7.11. The van der Waals surface area contributed by atoms with Gasteiger partial charge in [0.05, 0.1) is 41.7 Å². The van der Waals surface area contributed by atoms with Crippen molar-refractivity contribution in [3.8, 4) is 23.6 Å². The highest BCUT2D eigenvalue weighted by atomic mass is 19.1. The number of fused-ring (bicyclic) bond motifs is 1. The number of hydrogen-bond donors (Lipinski definition) is 1. The molecule has 0 radical (unpaired) electrons. The molecule has 2 fully saturated rings. The molecule has 2 aliphatic rings. The molecule has 6 rings (SSSR count). The van der Waals surface area contributed by atoms with Gasteiger partial charge >= 0.3 is 5.97 Å². The van der Waals surface area contributed by atoms with Crippen molar-refractivity contribution >= 4 is 17.0 Å². The van der Waals surface area contributed by atoms with Gasteiger partial charge < -0.3 is 19.1 Å². The van der Waals surface area contributed by atoms with Crippen LogP contribution in [0, 0.1) is 39.7 Å². The fraction of sp³-hybridized carbons (Fsp3) is 0.371. The van der Waals surface area contributed by atoms with E-state index in [2.05, 4.69) is 15.5 Å². The van der Waals surface area contributed by atoms with Crippen LogP contribution in [0.4, 0.5) is 8.78 Å². The van der Waals surface area contributed by atoms with Crippen LogP contribution in [-0.2, 0) is 30.9 Å². The summed E-state index contributed by atoms with van der Waals surface area (Å²) in [4.78, 5) is 18.6. The molecule has 1 aliphatic heterocycles. The topological polar surface area (TPSA) is 124 Å². The van der Waals surface area contributed by atoms with Crippen LogP contribution in [0.5, 0.6) is 11.5 Å². The summed E-state index contributed by atoms with van der Waals surface area (Å²) in [5.41, 5.74) is 2.77. The molecule has 2 heterocycles. The normalized spacial score (nSPS) is 16.1. The minimum Gasteiger partial charge on any atom is -0.490 e. The predicted molar refractivity (Wildman–Crippen MR) is 164 cm³/mol. The lowest BCUT2D eigenvalue weighted by Gasteiger charge is -2.32. The Labute approximate surface area is 265 Å². The van der Waals surface area contributed by atoms with Crippen LogP contribution in [0.2, 0.25) is 0 Å². The summed E-state index contributed by atoms with van der Waals surface area (Å²) in [5, 5.41) is 27.6. The van der Waals surface area contributed by atoms with Crippen LogP contribution in [0.15, 0.2) is 54.6 Å². The number of nitriles is 2. The van der Waals surface area contributed by atoms with Crippen molar-refractivity contribution < 1.29 is 28.2 Å². The number of carbonyl (C=O) groups is 1. The summed E-state index contributed by atoms with van der Waals surface area (Å²) < 4.78 is 42.6. The highest BCUT2D eigenvalue weighted by molar-refractivity contribution is 5.79. The van der Waals surface area contributed by atoms with E-state index in [0.29, 0.717) is 30.8 Å². The van der Waals surface area contributed by atoms with Gasteiger partial charge in [0, 0.05) is 37.0 Å². The lowest BCUT2D eigenvalue weighted by atomic mass is 10.0. The maximum absolute atomic E-state index is 14.5. The van der Waals surface area contributed by atoms with Gasteiger partial charge in [-0.2, -0.15) is 10.5 Å². The number of aliphatic carboxylic acids is 1. The molecule has 0 amide bonds. The Morgan fingerprint density at radius 3 is 2.54 bits per heavy atom. The molecule has 0 unspecified atom stereocenters. The number of hydrogen-bond acceptors (Lipinski definition) is 7. The van der Waals surface area contributed by atoms with Crippen LogP contribution in [0.25, 0.3) is 11.0 Å². The lowest BCUT2D eigenvalue weighted by Crippen LogP contribution is -2.38. The number of piperidine rings is 1. The summed E-state index contributed by atoms with van der Waals surface area (Å²) >= 11 is 0. The predicted octanol–water partition coefficient (Wildman–Crippen LogP) is 6.13. The van der Waals surface area contributed by atoms with Crippen LogP contribution in [-0.4, -0.2) is 44.7 Å². The molecule has 0 bridgehead atoms. The van der Waals surface area contributed by atoms with Crippen molar-refractivity contribution in [2.75, 3.05) is 13.1 Å². The first kappa shape index (κ1) is 31.0. The maximum Gasteiger partial charge on any atom is 0.307 e. The Morgan fingerprint density at radius 1 is 1.04 bits per heavy atom. The molecule has 236 valence electrons. The highest BCUT2D eigenvalue weighted by Gasteiger charge is 2.43. The molecule has 1 aliphatic carbocycles. The number of carboxylic acid groups (broad SMARTS) is 1. The zero-order valence-corrected chi connectivity index (χ0v) is 25.2. The molecule has 4 aromatic rings. The molecule has 0 atom stereocenters. The van der Waals surface area contributed by atoms with Crippen LogP contribution < -0.4 is 9.47 Å². The van der Waals surface area contributed by atoms with Crippen molar-refractivity contribution in [1.82, 2.24) is 14.5 Å². The second kappa shape index (κ2) is 13.2. The minimum absolute atomic E-state index is 0.0595. The Kier molecular flexibility index (Phi) is 8.87. The Hall–Kier alpha value is -5.00. The number of rotatable bonds is 12. The Balaban J connectivity index is 1.09. The van der Waals surface area contributed by atoms with Crippen molar-refractivity contribution in [3.63, 3.8) is 0 Å². The van der Waals surface area contributed by atoms with Crippen molar-refractivity contribution in [3.05, 3.63) is 88.7 Å². The van der Waals surface area contributed by atoms with Crippen LogP contribution in [0.3, 0.4) is 0 Å². The van der Waals surface area contributed by atoms with Crippen LogP contribution in [0.1, 0.15) is 54.6 Å². The fourth-order valence-electron chi connectivity index (χ4n) is 6.03. The number of likely N-dealkylation sites (tertiary alicyclic amines) is 1. The van der Waals surface area contributed by atoms with Gasteiger partial charge in [-0.1, -0.05) is 6.07 Å². The first-order chi connectivity index (χ1) is 22.2. The van der Waals surface area contributed by atoms with Crippen LogP contribution >= 0.6 is 0 Å². The quantitative estimate of drug-likeness (QED) is 0.199. The number of halogens is 2.